The Bertz CT molecular complexity index is 439. The van der Waals surface area contributed by atoms with Crippen LogP contribution in [0.25, 0.3) is 0 Å². The zero-order valence-electron chi connectivity index (χ0n) is 9.64. The van der Waals surface area contributed by atoms with Gasteiger partial charge in [-0.2, -0.15) is 0 Å². The third kappa shape index (κ3) is 5.03. The summed E-state index contributed by atoms with van der Waals surface area (Å²) in [7, 11) is 0. The van der Waals surface area contributed by atoms with Crippen molar-refractivity contribution < 1.29 is 19.5 Å². The molecule has 1 aromatic carbocycles. The van der Waals surface area contributed by atoms with Crippen molar-refractivity contribution in [2.24, 2.45) is 0 Å². The predicted octanol–water partition coefficient (Wildman–Crippen LogP) is 1.72. The minimum Gasteiger partial charge on any atom is -0.479 e. The smallest absolute Gasteiger partial charge is 0.339 e. The van der Waals surface area contributed by atoms with Crippen molar-refractivity contribution in [1.29, 1.82) is 0 Å². The number of carboxylic acid groups (broad SMARTS) is 1. The number of rotatable bonds is 5. The molecular weight excluding hydrogens is 260 g/mol. The lowest BCUT2D eigenvalue weighted by atomic mass is 10.1. The van der Waals surface area contributed by atoms with E-state index in [1.54, 1.807) is 25.1 Å². The second-order valence-corrected chi connectivity index (χ2v) is 3.97. The first-order valence-electron chi connectivity index (χ1n) is 5.14. The zero-order chi connectivity index (χ0) is 13.5. The van der Waals surface area contributed by atoms with Crippen LogP contribution in [-0.4, -0.2) is 23.7 Å². The summed E-state index contributed by atoms with van der Waals surface area (Å²) in [6.07, 6.45) is 0. The lowest BCUT2D eigenvalue weighted by molar-refractivity contribution is -0.144. The number of hydrogen-bond donors (Lipinski definition) is 3. The quantitative estimate of drug-likeness (QED) is 0.712. The van der Waals surface area contributed by atoms with Crippen LogP contribution in [0.15, 0.2) is 24.3 Å². The molecule has 0 saturated carbocycles. The molecule has 0 fully saturated rings. The maximum Gasteiger partial charge on any atom is 0.339 e. The third-order valence-electron chi connectivity index (χ3n) is 2.06. The standard InChI is InChI=1S/C11H13ClN2O4/c1-7(8-3-2-4-9(12)5-8)13-11(17)14-18-6-10(15)16/h2-5,7H,6H2,1H3,(H,15,16)(H2,13,14,17). The average molecular weight is 273 g/mol. The molecule has 2 amide bonds. The highest BCUT2D eigenvalue weighted by atomic mass is 35.5. The normalized spacial score (nSPS) is 11.7. The van der Waals surface area contributed by atoms with E-state index in [2.05, 4.69) is 10.2 Å². The summed E-state index contributed by atoms with van der Waals surface area (Å²) in [5, 5.41) is 11.4. The predicted molar refractivity (Wildman–Crippen MR) is 65.1 cm³/mol. The molecule has 0 aliphatic heterocycles. The molecule has 6 nitrogen and oxygen atoms in total. The second-order valence-electron chi connectivity index (χ2n) is 3.53. The van der Waals surface area contributed by atoms with Crippen LogP contribution < -0.4 is 10.8 Å². The van der Waals surface area contributed by atoms with Gasteiger partial charge in [0.05, 0.1) is 6.04 Å². The van der Waals surface area contributed by atoms with Gasteiger partial charge in [0.25, 0.3) is 0 Å². The van der Waals surface area contributed by atoms with Crippen molar-refractivity contribution in [1.82, 2.24) is 10.8 Å². The third-order valence-corrected chi connectivity index (χ3v) is 2.29. The first kappa shape index (κ1) is 14.3. The highest BCUT2D eigenvalue weighted by Crippen LogP contribution is 2.16. The molecule has 1 atom stereocenters. The Morgan fingerprint density at radius 1 is 1.50 bits per heavy atom. The number of nitrogens with one attached hydrogen (secondary N) is 2. The molecular formula is C11H13ClN2O4. The Kier molecular flexibility index (Phi) is 5.41. The van der Waals surface area contributed by atoms with Crippen molar-refractivity contribution in [3.63, 3.8) is 0 Å². The van der Waals surface area contributed by atoms with Crippen LogP contribution in [-0.2, 0) is 9.63 Å². The Hall–Kier alpha value is -1.79. The van der Waals surface area contributed by atoms with E-state index in [9.17, 15) is 9.59 Å². The number of carbonyl (C=O) groups is 2. The fraction of sp³-hybridized carbons (Fsp3) is 0.273. The van der Waals surface area contributed by atoms with Gasteiger partial charge in [-0.1, -0.05) is 23.7 Å². The Balaban J connectivity index is 2.42. The van der Waals surface area contributed by atoms with Crippen LogP contribution in [0, 0.1) is 0 Å². The minimum atomic E-state index is -1.17. The molecule has 98 valence electrons. The SMILES string of the molecule is CC(NC(=O)NOCC(=O)O)c1cccc(Cl)c1. The maximum absolute atomic E-state index is 11.3. The first-order valence-corrected chi connectivity index (χ1v) is 5.52. The molecule has 7 heteroatoms. The number of benzene rings is 1. The van der Waals surface area contributed by atoms with Crippen LogP contribution in [0.2, 0.25) is 5.02 Å². The number of hydroxylamine groups is 1. The molecule has 0 bridgehead atoms. The van der Waals surface area contributed by atoms with Gasteiger partial charge in [0, 0.05) is 5.02 Å². The molecule has 1 unspecified atom stereocenters. The number of hydrogen-bond acceptors (Lipinski definition) is 3. The highest BCUT2D eigenvalue weighted by Gasteiger charge is 2.10. The zero-order valence-corrected chi connectivity index (χ0v) is 10.4. The van der Waals surface area contributed by atoms with E-state index >= 15 is 0 Å². The van der Waals surface area contributed by atoms with Gasteiger partial charge < -0.3 is 10.4 Å². The molecule has 0 aliphatic rings. The van der Waals surface area contributed by atoms with Crippen molar-refractivity contribution in [2.75, 3.05) is 6.61 Å². The van der Waals surface area contributed by atoms with Gasteiger partial charge in [-0.05, 0) is 24.6 Å². The van der Waals surface area contributed by atoms with E-state index in [1.165, 1.54) is 0 Å². The van der Waals surface area contributed by atoms with Crippen molar-refractivity contribution in [3.8, 4) is 0 Å². The number of aliphatic carboxylic acids is 1. The van der Waals surface area contributed by atoms with E-state index in [1.807, 2.05) is 11.5 Å². The molecule has 1 aromatic rings. The second kappa shape index (κ2) is 6.83. The molecule has 0 heterocycles. The molecule has 18 heavy (non-hydrogen) atoms. The topological polar surface area (TPSA) is 87.7 Å². The van der Waals surface area contributed by atoms with Crippen LogP contribution >= 0.6 is 11.6 Å². The summed E-state index contributed by atoms with van der Waals surface area (Å²) >= 11 is 5.83. The van der Waals surface area contributed by atoms with Gasteiger partial charge in [0.1, 0.15) is 0 Å². The number of urea groups is 1. The molecule has 0 radical (unpaired) electrons. The fourth-order valence-electron chi connectivity index (χ4n) is 1.25. The van der Waals surface area contributed by atoms with Gasteiger partial charge in [0.15, 0.2) is 6.61 Å². The summed E-state index contributed by atoms with van der Waals surface area (Å²) in [6.45, 7) is 1.17. The number of carboxylic acids is 1. The van der Waals surface area contributed by atoms with E-state index in [0.29, 0.717) is 5.02 Å². The van der Waals surface area contributed by atoms with Crippen LogP contribution in [0.4, 0.5) is 4.79 Å². The van der Waals surface area contributed by atoms with Gasteiger partial charge in [-0.3, -0.25) is 4.84 Å². The van der Waals surface area contributed by atoms with Crippen molar-refractivity contribution in [3.05, 3.63) is 34.9 Å². The number of amides is 2. The average Bonchev–Trinajstić information content (AvgIpc) is 2.28. The molecule has 1 rings (SSSR count). The molecule has 0 aromatic heterocycles. The first-order chi connectivity index (χ1) is 8.49. The van der Waals surface area contributed by atoms with E-state index in [0.717, 1.165) is 5.56 Å². The van der Waals surface area contributed by atoms with Crippen LogP contribution in [0.3, 0.4) is 0 Å². The summed E-state index contributed by atoms with van der Waals surface area (Å²) in [5.41, 5.74) is 2.79. The lowest BCUT2D eigenvalue weighted by Gasteiger charge is -2.14. The monoisotopic (exact) mass is 272 g/mol. The summed E-state index contributed by atoms with van der Waals surface area (Å²) in [5.74, 6) is -1.17. The Morgan fingerprint density at radius 3 is 2.83 bits per heavy atom. The molecule has 0 saturated heterocycles. The summed E-state index contributed by atoms with van der Waals surface area (Å²) < 4.78 is 0. The minimum absolute atomic E-state index is 0.280. The molecule has 3 N–H and O–H groups in total. The highest BCUT2D eigenvalue weighted by molar-refractivity contribution is 6.30. The van der Waals surface area contributed by atoms with Gasteiger partial charge in [-0.15, -0.1) is 0 Å². The van der Waals surface area contributed by atoms with Crippen LogP contribution in [0.5, 0.6) is 0 Å². The summed E-state index contributed by atoms with van der Waals surface area (Å²) in [6, 6.07) is 6.14. The molecule has 0 spiro atoms. The summed E-state index contributed by atoms with van der Waals surface area (Å²) in [4.78, 5) is 25.9. The molecule has 0 aliphatic carbocycles. The van der Waals surface area contributed by atoms with Crippen LogP contribution in [0.1, 0.15) is 18.5 Å². The van der Waals surface area contributed by atoms with Crippen molar-refractivity contribution in [2.45, 2.75) is 13.0 Å². The Labute approximate surface area is 109 Å². The Morgan fingerprint density at radius 2 is 2.22 bits per heavy atom. The largest absolute Gasteiger partial charge is 0.479 e. The fourth-order valence-corrected chi connectivity index (χ4v) is 1.45. The number of halogens is 1. The van der Waals surface area contributed by atoms with Crippen molar-refractivity contribution >= 4 is 23.6 Å². The van der Waals surface area contributed by atoms with E-state index < -0.39 is 18.6 Å². The van der Waals surface area contributed by atoms with Gasteiger partial charge in [-0.25, -0.2) is 15.1 Å². The van der Waals surface area contributed by atoms with E-state index in [-0.39, 0.29) is 6.04 Å². The van der Waals surface area contributed by atoms with Gasteiger partial charge in [0.2, 0.25) is 0 Å². The van der Waals surface area contributed by atoms with Gasteiger partial charge >= 0.3 is 12.0 Å². The maximum atomic E-state index is 11.3. The van der Waals surface area contributed by atoms with E-state index in [4.69, 9.17) is 16.7 Å². The number of carbonyl (C=O) groups excluding carboxylic acids is 1. The lowest BCUT2D eigenvalue weighted by Crippen LogP contribution is -2.38.